The van der Waals surface area contributed by atoms with E-state index in [1.807, 2.05) is 23.5 Å². The predicted octanol–water partition coefficient (Wildman–Crippen LogP) is 0.230. The lowest BCUT2D eigenvalue weighted by Crippen LogP contribution is -2.78. The number of nitrogens with two attached hydrogens (primary N) is 1. The van der Waals surface area contributed by atoms with Crippen LogP contribution >= 0.6 is 0 Å². The number of hydrogen-bond donors (Lipinski definition) is 1. The molecule has 1 rings (SSSR count). The molecule has 0 atom stereocenters. The molecule has 2 N–H and O–H groups in total. The van der Waals surface area contributed by atoms with Crippen molar-refractivity contribution in [2.75, 3.05) is 13.2 Å². The summed E-state index contributed by atoms with van der Waals surface area (Å²) in [6.45, 7) is 2.93. The van der Waals surface area contributed by atoms with Crippen molar-refractivity contribution >= 4 is 11.8 Å². The molecule has 0 amide bonds. The summed E-state index contributed by atoms with van der Waals surface area (Å²) in [4.78, 5) is 15.1. The average Bonchev–Trinajstić information content (AvgIpc) is 2.20. The van der Waals surface area contributed by atoms with E-state index in [1.54, 1.807) is 13.1 Å². The minimum atomic E-state index is -0.153. The zero-order valence-electron chi connectivity index (χ0n) is 8.27. The first-order valence-electron chi connectivity index (χ1n) is 4.72. The Morgan fingerprint density at radius 1 is 1.57 bits per heavy atom. The van der Waals surface area contributed by atoms with Crippen molar-refractivity contribution in [2.45, 2.75) is 13.3 Å². The molecule has 4 heteroatoms. The SMILES string of the molecule is CCOC(=O)CC[NH2+]c1ccccn1. The molecular formula is C10H15N2O2+. The second-order valence-corrected chi connectivity index (χ2v) is 2.80. The molecule has 0 saturated carbocycles. The molecule has 0 saturated heterocycles. The third-order valence-electron chi connectivity index (χ3n) is 1.70. The van der Waals surface area contributed by atoms with Gasteiger partial charge >= 0.3 is 5.97 Å². The van der Waals surface area contributed by atoms with E-state index >= 15 is 0 Å². The summed E-state index contributed by atoms with van der Waals surface area (Å²) >= 11 is 0. The van der Waals surface area contributed by atoms with Crippen molar-refractivity contribution < 1.29 is 14.8 Å². The lowest BCUT2D eigenvalue weighted by atomic mass is 10.4. The zero-order valence-corrected chi connectivity index (χ0v) is 8.27. The van der Waals surface area contributed by atoms with E-state index < -0.39 is 0 Å². The largest absolute Gasteiger partial charge is 0.466 e. The number of hydrogen-bond acceptors (Lipinski definition) is 3. The first kappa shape index (κ1) is 10.7. The fourth-order valence-electron chi connectivity index (χ4n) is 1.07. The van der Waals surface area contributed by atoms with E-state index in [0.717, 1.165) is 5.82 Å². The summed E-state index contributed by atoms with van der Waals surface area (Å²) in [5.41, 5.74) is 0. The van der Waals surface area contributed by atoms with Gasteiger partial charge in [0.2, 0.25) is 5.82 Å². The van der Waals surface area contributed by atoms with Crippen LogP contribution in [0.15, 0.2) is 24.4 Å². The van der Waals surface area contributed by atoms with Crippen molar-refractivity contribution in [3.8, 4) is 0 Å². The van der Waals surface area contributed by atoms with Crippen LogP contribution in [0.3, 0.4) is 0 Å². The molecule has 1 aromatic heterocycles. The lowest BCUT2D eigenvalue weighted by molar-refractivity contribution is -0.574. The van der Waals surface area contributed by atoms with Gasteiger partial charge in [-0.25, -0.2) is 4.98 Å². The second-order valence-electron chi connectivity index (χ2n) is 2.80. The second kappa shape index (κ2) is 6.10. The van der Waals surface area contributed by atoms with E-state index in [-0.39, 0.29) is 5.97 Å². The van der Waals surface area contributed by atoms with E-state index in [0.29, 0.717) is 19.6 Å². The number of carbonyl (C=O) groups is 1. The molecule has 0 spiro atoms. The van der Waals surface area contributed by atoms with Gasteiger partial charge in [-0.15, -0.1) is 0 Å². The highest BCUT2D eigenvalue weighted by molar-refractivity contribution is 5.69. The van der Waals surface area contributed by atoms with Gasteiger partial charge in [-0.2, -0.15) is 0 Å². The van der Waals surface area contributed by atoms with Gasteiger partial charge in [-0.1, -0.05) is 6.07 Å². The van der Waals surface area contributed by atoms with Crippen LogP contribution in [-0.4, -0.2) is 24.1 Å². The number of ether oxygens (including phenoxy) is 1. The molecule has 76 valence electrons. The predicted molar refractivity (Wildman–Crippen MR) is 51.9 cm³/mol. The topological polar surface area (TPSA) is 55.8 Å². The lowest BCUT2D eigenvalue weighted by Gasteiger charge is -2.00. The molecular weight excluding hydrogens is 180 g/mol. The zero-order chi connectivity index (χ0) is 10.2. The molecule has 1 heterocycles. The van der Waals surface area contributed by atoms with E-state index in [9.17, 15) is 4.79 Å². The monoisotopic (exact) mass is 195 g/mol. The Morgan fingerprint density at radius 2 is 2.43 bits per heavy atom. The first-order chi connectivity index (χ1) is 6.83. The minimum absolute atomic E-state index is 0.153. The van der Waals surface area contributed by atoms with Crippen molar-refractivity contribution in [3.63, 3.8) is 0 Å². The maximum Gasteiger partial charge on any atom is 0.311 e. The normalized spacial score (nSPS) is 9.79. The van der Waals surface area contributed by atoms with Gasteiger partial charge in [-0.3, -0.25) is 10.1 Å². The molecule has 0 aliphatic carbocycles. The van der Waals surface area contributed by atoms with Gasteiger partial charge < -0.3 is 4.74 Å². The van der Waals surface area contributed by atoms with E-state index in [4.69, 9.17) is 4.74 Å². The molecule has 0 aromatic carbocycles. The van der Waals surface area contributed by atoms with Crippen LogP contribution < -0.4 is 5.32 Å². The summed E-state index contributed by atoms with van der Waals surface area (Å²) in [5.74, 6) is 0.747. The van der Waals surface area contributed by atoms with Crippen LogP contribution in [0.2, 0.25) is 0 Å². The van der Waals surface area contributed by atoms with Crippen molar-refractivity contribution in [1.29, 1.82) is 0 Å². The highest BCUT2D eigenvalue weighted by Gasteiger charge is 2.03. The summed E-state index contributed by atoms with van der Waals surface area (Å²) in [7, 11) is 0. The Morgan fingerprint density at radius 3 is 3.07 bits per heavy atom. The summed E-state index contributed by atoms with van der Waals surface area (Å²) in [6, 6.07) is 5.69. The molecule has 1 aromatic rings. The van der Waals surface area contributed by atoms with Crippen LogP contribution in [0.1, 0.15) is 13.3 Å². The Hall–Kier alpha value is -1.42. The standard InChI is InChI=1S/C10H14N2O2/c1-2-14-10(13)6-8-12-9-5-3-4-7-11-9/h3-5,7H,2,6,8H2,1H3,(H,11,12)/p+1. The number of aromatic nitrogens is 1. The van der Waals surface area contributed by atoms with Crippen LogP contribution in [0, 0.1) is 0 Å². The molecule has 0 radical (unpaired) electrons. The number of quaternary nitrogens is 1. The third-order valence-corrected chi connectivity index (χ3v) is 1.70. The van der Waals surface area contributed by atoms with Gasteiger partial charge in [0.05, 0.1) is 19.6 Å². The van der Waals surface area contributed by atoms with E-state index in [2.05, 4.69) is 4.98 Å². The number of rotatable bonds is 5. The Balaban J connectivity index is 2.19. The van der Waals surface area contributed by atoms with Crippen LogP contribution in [0.4, 0.5) is 5.82 Å². The summed E-state index contributed by atoms with van der Waals surface area (Å²) in [6.07, 6.45) is 2.15. The molecule has 0 aliphatic heterocycles. The first-order valence-corrected chi connectivity index (χ1v) is 4.72. The number of esters is 1. The molecule has 0 fully saturated rings. The summed E-state index contributed by atoms with van der Waals surface area (Å²) in [5, 5.41) is 1.93. The van der Waals surface area contributed by atoms with Gasteiger partial charge in [0.15, 0.2) is 0 Å². The van der Waals surface area contributed by atoms with Crippen LogP contribution in [0.5, 0.6) is 0 Å². The molecule has 0 unspecified atom stereocenters. The molecule has 4 nitrogen and oxygen atoms in total. The Labute approximate surface area is 83.3 Å². The number of pyridine rings is 1. The van der Waals surface area contributed by atoms with Crippen LogP contribution in [0.25, 0.3) is 0 Å². The highest BCUT2D eigenvalue weighted by atomic mass is 16.5. The third kappa shape index (κ3) is 4.00. The maximum atomic E-state index is 11.0. The van der Waals surface area contributed by atoms with Crippen molar-refractivity contribution in [3.05, 3.63) is 24.4 Å². The quantitative estimate of drug-likeness (QED) is 0.684. The van der Waals surface area contributed by atoms with Gasteiger partial charge in [0.25, 0.3) is 0 Å². The Kier molecular flexibility index (Phi) is 4.64. The van der Waals surface area contributed by atoms with Gasteiger partial charge in [0, 0.05) is 12.3 Å². The summed E-state index contributed by atoms with van der Waals surface area (Å²) < 4.78 is 4.80. The van der Waals surface area contributed by atoms with Gasteiger partial charge in [0.1, 0.15) is 0 Å². The highest BCUT2D eigenvalue weighted by Crippen LogP contribution is 1.90. The van der Waals surface area contributed by atoms with Crippen LogP contribution in [-0.2, 0) is 9.53 Å². The fourth-order valence-corrected chi connectivity index (χ4v) is 1.07. The molecule has 14 heavy (non-hydrogen) atoms. The number of carbonyl (C=O) groups excluding carboxylic acids is 1. The minimum Gasteiger partial charge on any atom is -0.466 e. The smallest absolute Gasteiger partial charge is 0.311 e. The van der Waals surface area contributed by atoms with Gasteiger partial charge in [-0.05, 0) is 13.0 Å². The number of nitrogens with zero attached hydrogens (tertiary/aromatic N) is 1. The molecule has 0 bridgehead atoms. The fraction of sp³-hybridized carbons (Fsp3) is 0.400. The maximum absolute atomic E-state index is 11.0. The van der Waals surface area contributed by atoms with Crippen molar-refractivity contribution in [2.24, 2.45) is 0 Å². The average molecular weight is 195 g/mol. The Bertz CT molecular complexity index is 275. The van der Waals surface area contributed by atoms with E-state index in [1.165, 1.54) is 0 Å². The molecule has 0 aliphatic rings. The van der Waals surface area contributed by atoms with Crippen molar-refractivity contribution in [1.82, 2.24) is 4.98 Å².